The molecule has 0 aliphatic heterocycles. The molecule has 2 aromatic carbocycles. The van der Waals surface area contributed by atoms with E-state index in [2.05, 4.69) is 24.1 Å². The minimum absolute atomic E-state index is 0.0783. The summed E-state index contributed by atoms with van der Waals surface area (Å²) in [5.41, 5.74) is 0.999. The molecule has 0 spiro atoms. The fraction of sp³-hybridized carbons (Fsp3) is 0.333. The third-order valence-corrected chi connectivity index (χ3v) is 6.07. The number of rotatable bonds is 9. The number of nitrogens with zero attached hydrogens (tertiary/aromatic N) is 2. The van der Waals surface area contributed by atoms with Gasteiger partial charge in [-0.2, -0.15) is 0 Å². The highest BCUT2D eigenvalue weighted by Gasteiger charge is 2.19. The van der Waals surface area contributed by atoms with Crippen LogP contribution in [0.4, 0.5) is 5.69 Å². The maximum atomic E-state index is 13.0. The summed E-state index contributed by atoms with van der Waals surface area (Å²) < 4.78 is 6.88. The van der Waals surface area contributed by atoms with E-state index < -0.39 is 18.0 Å². The average Bonchev–Trinajstić information content (AvgIpc) is 2.78. The Bertz CT molecular complexity index is 1190. The number of carbonyl (C=O) groups is 2. The summed E-state index contributed by atoms with van der Waals surface area (Å²) in [6.45, 7) is 6.17. The van der Waals surface area contributed by atoms with Gasteiger partial charge >= 0.3 is 5.97 Å². The molecule has 174 valence electrons. The normalized spacial score (nSPS) is 12.0. The summed E-state index contributed by atoms with van der Waals surface area (Å²) in [7, 11) is 0. The molecule has 1 unspecified atom stereocenters. The van der Waals surface area contributed by atoms with Crippen molar-refractivity contribution in [2.45, 2.75) is 45.0 Å². The number of anilines is 1. The van der Waals surface area contributed by atoms with Gasteiger partial charge in [-0.15, -0.1) is 0 Å². The quantitative estimate of drug-likeness (QED) is 0.266. The van der Waals surface area contributed by atoms with Crippen LogP contribution in [-0.2, 0) is 20.9 Å². The molecule has 0 fully saturated rings. The van der Waals surface area contributed by atoms with Gasteiger partial charge in [-0.05, 0) is 55.7 Å². The van der Waals surface area contributed by atoms with Crippen molar-refractivity contribution >= 4 is 51.8 Å². The summed E-state index contributed by atoms with van der Waals surface area (Å²) in [6, 6.07) is 13.8. The molecule has 0 bridgehead atoms. The van der Waals surface area contributed by atoms with Crippen LogP contribution in [0, 0.1) is 5.92 Å². The summed E-state index contributed by atoms with van der Waals surface area (Å²) in [5, 5.41) is 4.22. The standard InChI is InChI=1S/C24H26ClN3O4S/c1-15(2)12-13-28-23(31)19-6-4-5-7-20(19)27-24(28)33-14-21(29)32-16(3)22(30)26-18-10-8-17(25)9-11-18/h4-11,15-16H,12-14H2,1-3H3,(H,26,30). The van der Waals surface area contributed by atoms with Gasteiger partial charge in [-0.3, -0.25) is 19.0 Å². The lowest BCUT2D eigenvalue weighted by atomic mass is 10.1. The van der Waals surface area contributed by atoms with E-state index in [-0.39, 0.29) is 11.3 Å². The first-order valence-electron chi connectivity index (χ1n) is 10.6. The Kier molecular flexibility index (Phi) is 8.52. The van der Waals surface area contributed by atoms with Crippen LogP contribution in [0.3, 0.4) is 0 Å². The fourth-order valence-electron chi connectivity index (χ4n) is 3.03. The van der Waals surface area contributed by atoms with Crippen molar-refractivity contribution in [3.05, 3.63) is 63.9 Å². The van der Waals surface area contributed by atoms with Crippen molar-refractivity contribution in [3.8, 4) is 0 Å². The van der Waals surface area contributed by atoms with E-state index in [1.54, 1.807) is 47.0 Å². The van der Waals surface area contributed by atoms with Crippen LogP contribution in [0.15, 0.2) is 58.5 Å². The summed E-state index contributed by atoms with van der Waals surface area (Å²) >= 11 is 6.97. The van der Waals surface area contributed by atoms with Gasteiger partial charge in [-0.25, -0.2) is 4.98 Å². The van der Waals surface area contributed by atoms with E-state index in [0.29, 0.717) is 39.2 Å². The highest BCUT2D eigenvalue weighted by molar-refractivity contribution is 7.99. The van der Waals surface area contributed by atoms with Gasteiger partial charge in [0.15, 0.2) is 11.3 Å². The molecule has 1 atom stereocenters. The Morgan fingerprint density at radius 2 is 1.82 bits per heavy atom. The summed E-state index contributed by atoms with van der Waals surface area (Å²) in [4.78, 5) is 42.3. The molecular formula is C24H26ClN3O4S. The molecule has 3 rings (SSSR count). The largest absolute Gasteiger partial charge is 0.452 e. The van der Waals surface area contributed by atoms with E-state index in [9.17, 15) is 14.4 Å². The van der Waals surface area contributed by atoms with E-state index >= 15 is 0 Å². The number of hydrogen-bond acceptors (Lipinski definition) is 6. The predicted octanol–water partition coefficient (Wildman–Crippen LogP) is 4.76. The lowest BCUT2D eigenvalue weighted by Crippen LogP contribution is -2.30. The number of esters is 1. The first-order valence-corrected chi connectivity index (χ1v) is 12.0. The zero-order chi connectivity index (χ0) is 24.0. The maximum Gasteiger partial charge on any atom is 0.317 e. The molecule has 0 saturated carbocycles. The number of hydrogen-bond donors (Lipinski definition) is 1. The number of carbonyl (C=O) groups excluding carboxylic acids is 2. The van der Waals surface area contributed by atoms with Crippen LogP contribution in [0.5, 0.6) is 0 Å². The summed E-state index contributed by atoms with van der Waals surface area (Å²) in [6.07, 6.45) is -0.179. The predicted molar refractivity (Wildman–Crippen MR) is 132 cm³/mol. The van der Waals surface area contributed by atoms with Gasteiger partial charge in [0.05, 0.1) is 16.7 Å². The molecule has 1 heterocycles. The molecule has 0 aliphatic rings. The SMILES string of the molecule is CC(C)CCn1c(SCC(=O)OC(C)C(=O)Nc2ccc(Cl)cc2)nc2ccccc2c1=O. The van der Waals surface area contributed by atoms with Gasteiger partial charge in [0.25, 0.3) is 11.5 Å². The van der Waals surface area contributed by atoms with Crippen LogP contribution < -0.4 is 10.9 Å². The van der Waals surface area contributed by atoms with Crippen LogP contribution in [-0.4, -0.2) is 33.3 Å². The van der Waals surface area contributed by atoms with Crippen LogP contribution in [0.25, 0.3) is 10.9 Å². The number of ether oxygens (including phenoxy) is 1. The molecule has 1 aromatic heterocycles. The first-order chi connectivity index (χ1) is 15.7. The molecule has 9 heteroatoms. The van der Waals surface area contributed by atoms with Crippen LogP contribution >= 0.6 is 23.4 Å². The number of thioether (sulfide) groups is 1. The summed E-state index contributed by atoms with van der Waals surface area (Å²) in [5.74, 6) is -0.693. The Balaban J connectivity index is 1.66. The molecular weight excluding hydrogens is 462 g/mol. The molecule has 33 heavy (non-hydrogen) atoms. The van der Waals surface area contributed by atoms with Crippen molar-refractivity contribution in [3.63, 3.8) is 0 Å². The number of fused-ring (bicyclic) bond motifs is 1. The molecule has 0 radical (unpaired) electrons. The Hall–Kier alpha value is -2.84. The molecule has 0 aliphatic carbocycles. The Morgan fingerprint density at radius 3 is 2.52 bits per heavy atom. The van der Waals surface area contributed by atoms with Crippen LogP contribution in [0.1, 0.15) is 27.2 Å². The Morgan fingerprint density at radius 1 is 1.12 bits per heavy atom. The van der Waals surface area contributed by atoms with Crippen molar-refractivity contribution in [2.24, 2.45) is 5.92 Å². The topological polar surface area (TPSA) is 90.3 Å². The lowest BCUT2D eigenvalue weighted by Gasteiger charge is -2.15. The number of nitrogens with one attached hydrogen (secondary N) is 1. The molecule has 0 saturated heterocycles. The first kappa shape index (κ1) is 24.8. The third kappa shape index (κ3) is 6.82. The van der Waals surface area contributed by atoms with Gasteiger partial charge in [0.1, 0.15) is 0 Å². The van der Waals surface area contributed by atoms with Gasteiger partial charge in [0.2, 0.25) is 0 Å². The minimum atomic E-state index is -0.985. The van der Waals surface area contributed by atoms with Crippen molar-refractivity contribution in [1.29, 1.82) is 0 Å². The van der Waals surface area contributed by atoms with E-state index in [1.165, 1.54) is 6.92 Å². The molecule has 3 aromatic rings. The van der Waals surface area contributed by atoms with E-state index in [0.717, 1.165) is 18.2 Å². The molecule has 1 amide bonds. The molecule has 7 nitrogen and oxygen atoms in total. The van der Waals surface area contributed by atoms with Crippen molar-refractivity contribution in [1.82, 2.24) is 9.55 Å². The fourth-order valence-corrected chi connectivity index (χ4v) is 3.96. The number of amides is 1. The van der Waals surface area contributed by atoms with E-state index in [1.807, 2.05) is 6.07 Å². The number of para-hydroxylation sites is 1. The maximum absolute atomic E-state index is 13.0. The van der Waals surface area contributed by atoms with E-state index in [4.69, 9.17) is 16.3 Å². The second-order valence-corrected chi connectivity index (χ2v) is 9.35. The van der Waals surface area contributed by atoms with Gasteiger partial charge < -0.3 is 10.1 Å². The van der Waals surface area contributed by atoms with Crippen LogP contribution in [0.2, 0.25) is 5.02 Å². The second kappa shape index (κ2) is 11.3. The molecule has 1 N–H and O–H groups in total. The minimum Gasteiger partial charge on any atom is -0.452 e. The highest BCUT2D eigenvalue weighted by Crippen LogP contribution is 2.20. The van der Waals surface area contributed by atoms with Gasteiger partial charge in [0, 0.05) is 17.3 Å². The monoisotopic (exact) mass is 487 g/mol. The third-order valence-electron chi connectivity index (χ3n) is 4.86. The zero-order valence-corrected chi connectivity index (χ0v) is 20.3. The Labute approximate surface area is 201 Å². The highest BCUT2D eigenvalue weighted by atomic mass is 35.5. The lowest BCUT2D eigenvalue weighted by molar-refractivity contribution is -0.150. The number of aromatic nitrogens is 2. The van der Waals surface area contributed by atoms with Crippen molar-refractivity contribution < 1.29 is 14.3 Å². The number of benzene rings is 2. The zero-order valence-electron chi connectivity index (χ0n) is 18.7. The number of halogens is 1. The van der Waals surface area contributed by atoms with Crippen molar-refractivity contribution in [2.75, 3.05) is 11.1 Å². The average molecular weight is 488 g/mol. The second-order valence-electron chi connectivity index (χ2n) is 7.97. The smallest absolute Gasteiger partial charge is 0.317 e. The van der Waals surface area contributed by atoms with Gasteiger partial charge in [-0.1, -0.05) is 49.3 Å².